The van der Waals surface area contributed by atoms with E-state index in [1.165, 1.54) is 5.57 Å². The van der Waals surface area contributed by atoms with Crippen molar-refractivity contribution in [1.29, 1.82) is 0 Å². The summed E-state index contributed by atoms with van der Waals surface area (Å²) in [6.07, 6.45) is 7.79. The fourth-order valence-corrected chi connectivity index (χ4v) is 7.25. The van der Waals surface area contributed by atoms with Crippen molar-refractivity contribution in [3.05, 3.63) is 11.6 Å². The van der Waals surface area contributed by atoms with E-state index in [2.05, 4.69) is 13.8 Å². The van der Waals surface area contributed by atoms with E-state index in [0.717, 1.165) is 32.1 Å². The van der Waals surface area contributed by atoms with Crippen LogP contribution >= 0.6 is 0 Å². The predicted octanol–water partition coefficient (Wildman–Crippen LogP) is 4.54. The first-order chi connectivity index (χ1) is 12.2. The van der Waals surface area contributed by atoms with Gasteiger partial charge < -0.3 is 0 Å². The first-order valence-corrected chi connectivity index (χ1v) is 10.5. The SMILES string of the molecule is CC(C)C(=O)[C@H]1CC[C@H]2[C@@H]3CCC4=CC(=O)CC[C@]4(C)[C@H]3C(=O)C[C@]12C. The van der Waals surface area contributed by atoms with E-state index in [4.69, 9.17) is 0 Å². The van der Waals surface area contributed by atoms with Crippen LogP contribution in [-0.4, -0.2) is 17.3 Å². The van der Waals surface area contributed by atoms with Gasteiger partial charge in [-0.2, -0.15) is 0 Å². The normalized spacial score (nSPS) is 45.0. The van der Waals surface area contributed by atoms with Crippen LogP contribution in [0.5, 0.6) is 0 Å². The van der Waals surface area contributed by atoms with Gasteiger partial charge in [0, 0.05) is 30.6 Å². The molecule has 0 aromatic carbocycles. The zero-order valence-corrected chi connectivity index (χ0v) is 16.6. The molecular weight excluding hydrogens is 324 g/mol. The first kappa shape index (κ1) is 18.1. The quantitative estimate of drug-likeness (QED) is 0.730. The van der Waals surface area contributed by atoms with Crippen LogP contribution in [0.1, 0.15) is 72.6 Å². The van der Waals surface area contributed by atoms with E-state index in [1.807, 2.05) is 19.9 Å². The van der Waals surface area contributed by atoms with E-state index < -0.39 is 0 Å². The maximum absolute atomic E-state index is 13.4. The minimum Gasteiger partial charge on any atom is -0.299 e. The Morgan fingerprint density at radius 2 is 1.85 bits per heavy atom. The van der Waals surface area contributed by atoms with Crippen LogP contribution in [-0.2, 0) is 14.4 Å². The highest BCUT2D eigenvalue weighted by Gasteiger charge is 2.63. The molecule has 0 radical (unpaired) electrons. The number of Topliss-reactive ketones (excluding diaryl/α,β-unsaturated/α-hetero) is 2. The standard InChI is InChI=1S/C23H32O3/c1-13(2)21(26)18-8-7-17-16-6-5-14-11-15(24)9-10-22(14,3)20(16)19(25)12-23(17,18)4/h11,13,16-18,20H,5-10,12H2,1-4H3/t16-,17-,18+,20+,22-,23-/m0/s1. The summed E-state index contributed by atoms with van der Waals surface area (Å²) in [5, 5.41) is 0. The van der Waals surface area contributed by atoms with E-state index in [9.17, 15) is 14.4 Å². The second-order valence-electron chi connectivity index (χ2n) is 10.2. The van der Waals surface area contributed by atoms with Gasteiger partial charge in [0.15, 0.2) is 5.78 Å². The van der Waals surface area contributed by atoms with Crippen LogP contribution in [0.15, 0.2) is 11.6 Å². The summed E-state index contributed by atoms with van der Waals surface area (Å²) in [6, 6.07) is 0. The smallest absolute Gasteiger partial charge is 0.155 e. The molecule has 0 aromatic rings. The minimum absolute atomic E-state index is 0.0474. The third-order valence-corrected chi connectivity index (χ3v) is 8.56. The van der Waals surface area contributed by atoms with Gasteiger partial charge in [0.05, 0.1) is 0 Å². The molecule has 3 nitrogen and oxygen atoms in total. The van der Waals surface area contributed by atoms with Gasteiger partial charge >= 0.3 is 0 Å². The molecule has 0 amide bonds. The van der Waals surface area contributed by atoms with E-state index in [1.54, 1.807) is 0 Å². The molecule has 3 heteroatoms. The van der Waals surface area contributed by atoms with Crippen LogP contribution in [0.4, 0.5) is 0 Å². The van der Waals surface area contributed by atoms with Crippen molar-refractivity contribution in [3.63, 3.8) is 0 Å². The zero-order valence-electron chi connectivity index (χ0n) is 16.6. The van der Waals surface area contributed by atoms with Crippen molar-refractivity contribution >= 4 is 17.3 Å². The number of carbonyl (C=O) groups is 3. The maximum Gasteiger partial charge on any atom is 0.155 e. The van der Waals surface area contributed by atoms with Crippen LogP contribution < -0.4 is 0 Å². The number of carbonyl (C=O) groups excluding carboxylic acids is 3. The molecule has 6 atom stereocenters. The Hall–Kier alpha value is -1.25. The average molecular weight is 357 g/mol. The predicted molar refractivity (Wildman–Crippen MR) is 100 cm³/mol. The molecule has 0 aliphatic heterocycles. The Morgan fingerprint density at radius 1 is 1.12 bits per heavy atom. The summed E-state index contributed by atoms with van der Waals surface area (Å²) in [6.45, 7) is 8.44. The molecule has 142 valence electrons. The molecule has 0 unspecified atom stereocenters. The van der Waals surface area contributed by atoms with Gasteiger partial charge in [-0.1, -0.05) is 33.3 Å². The summed E-state index contributed by atoms with van der Waals surface area (Å²) in [4.78, 5) is 38.2. The molecule has 0 saturated heterocycles. The summed E-state index contributed by atoms with van der Waals surface area (Å²) >= 11 is 0. The Bertz CT molecular complexity index is 702. The van der Waals surface area contributed by atoms with Crippen molar-refractivity contribution in [3.8, 4) is 0 Å². The molecule has 4 aliphatic rings. The van der Waals surface area contributed by atoms with Crippen molar-refractivity contribution in [2.45, 2.75) is 72.6 Å². The topological polar surface area (TPSA) is 51.2 Å². The van der Waals surface area contributed by atoms with Crippen molar-refractivity contribution in [2.24, 2.45) is 40.4 Å². The second kappa shape index (κ2) is 5.87. The molecule has 0 aromatic heterocycles. The third-order valence-electron chi connectivity index (χ3n) is 8.56. The van der Waals surface area contributed by atoms with Gasteiger partial charge in [-0.3, -0.25) is 14.4 Å². The average Bonchev–Trinajstić information content (AvgIpc) is 2.90. The van der Waals surface area contributed by atoms with Gasteiger partial charge in [-0.05, 0) is 60.8 Å². The lowest BCUT2D eigenvalue weighted by molar-refractivity contribution is -0.149. The number of allylic oxidation sites excluding steroid dienone is 1. The zero-order chi connectivity index (χ0) is 18.9. The monoisotopic (exact) mass is 356 g/mol. The molecule has 26 heavy (non-hydrogen) atoms. The Morgan fingerprint density at radius 3 is 2.54 bits per heavy atom. The second-order valence-corrected chi connectivity index (χ2v) is 10.2. The molecule has 3 fully saturated rings. The largest absolute Gasteiger partial charge is 0.299 e. The number of ketones is 3. The Labute approximate surface area is 157 Å². The van der Waals surface area contributed by atoms with Crippen molar-refractivity contribution in [1.82, 2.24) is 0 Å². The van der Waals surface area contributed by atoms with Gasteiger partial charge in [0.25, 0.3) is 0 Å². The van der Waals surface area contributed by atoms with Crippen LogP contribution in [0.2, 0.25) is 0 Å². The molecule has 4 rings (SSSR count). The number of fused-ring (bicyclic) bond motifs is 5. The molecule has 0 N–H and O–H groups in total. The lowest BCUT2D eigenvalue weighted by atomic mass is 9.46. The highest BCUT2D eigenvalue weighted by Crippen LogP contribution is 2.65. The van der Waals surface area contributed by atoms with E-state index >= 15 is 0 Å². The van der Waals surface area contributed by atoms with Crippen LogP contribution in [0.3, 0.4) is 0 Å². The van der Waals surface area contributed by atoms with Gasteiger partial charge in [-0.15, -0.1) is 0 Å². The fourth-order valence-electron chi connectivity index (χ4n) is 7.25. The molecule has 0 heterocycles. The Balaban J connectivity index is 1.70. The summed E-state index contributed by atoms with van der Waals surface area (Å²) in [5.41, 5.74) is 0.941. The molecule has 0 bridgehead atoms. The van der Waals surface area contributed by atoms with Crippen molar-refractivity contribution < 1.29 is 14.4 Å². The summed E-state index contributed by atoms with van der Waals surface area (Å²) in [5.74, 6) is 1.97. The highest BCUT2D eigenvalue weighted by atomic mass is 16.1. The van der Waals surface area contributed by atoms with Crippen LogP contribution in [0, 0.1) is 40.4 Å². The van der Waals surface area contributed by atoms with Crippen molar-refractivity contribution in [2.75, 3.05) is 0 Å². The molecular formula is C23H32O3. The highest BCUT2D eigenvalue weighted by molar-refractivity contribution is 5.93. The van der Waals surface area contributed by atoms with E-state index in [-0.39, 0.29) is 34.4 Å². The summed E-state index contributed by atoms with van der Waals surface area (Å²) in [7, 11) is 0. The summed E-state index contributed by atoms with van der Waals surface area (Å²) < 4.78 is 0. The molecule has 3 saturated carbocycles. The van der Waals surface area contributed by atoms with Crippen LogP contribution in [0.25, 0.3) is 0 Å². The minimum atomic E-state index is -0.151. The first-order valence-electron chi connectivity index (χ1n) is 10.5. The lowest BCUT2D eigenvalue weighted by Crippen LogP contribution is -2.55. The molecule has 4 aliphatic carbocycles. The Kier molecular flexibility index (Phi) is 4.09. The van der Waals surface area contributed by atoms with E-state index in [0.29, 0.717) is 36.2 Å². The number of hydrogen-bond donors (Lipinski definition) is 0. The number of hydrogen-bond acceptors (Lipinski definition) is 3. The fraction of sp³-hybridized carbons (Fsp3) is 0.783. The van der Waals surface area contributed by atoms with Gasteiger partial charge in [-0.25, -0.2) is 0 Å². The lowest BCUT2D eigenvalue weighted by Gasteiger charge is -2.56. The molecule has 0 spiro atoms. The van der Waals surface area contributed by atoms with Gasteiger partial charge in [0.2, 0.25) is 0 Å². The third kappa shape index (κ3) is 2.34. The van der Waals surface area contributed by atoms with Gasteiger partial charge in [0.1, 0.15) is 11.6 Å². The maximum atomic E-state index is 13.4. The number of rotatable bonds is 2.